The van der Waals surface area contributed by atoms with Gasteiger partial charge in [-0.15, -0.1) is 0 Å². The van der Waals surface area contributed by atoms with E-state index in [1.54, 1.807) is 0 Å². The number of aromatic nitrogens is 2. The Morgan fingerprint density at radius 3 is 2.60 bits per heavy atom. The van der Waals surface area contributed by atoms with E-state index < -0.39 is 0 Å². The van der Waals surface area contributed by atoms with E-state index in [0.29, 0.717) is 24.2 Å². The van der Waals surface area contributed by atoms with Gasteiger partial charge < -0.3 is 11.1 Å². The number of nitrogen functional groups attached to an aromatic ring is 1. The first kappa shape index (κ1) is 14.7. The van der Waals surface area contributed by atoms with Crippen molar-refractivity contribution in [3.05, 3.63) is 20.8 Å². The third-order valence-corrected chi connectivity index (χ3v) is 3.94. The van der Waals surface area contributed by atoms with Crippen molar-refractivity contribution in [2.24, 2.45) is 13.0 Å². The highest BCUT2D eigenvalue weighted by Crippen LogP contribution is 2.37. The van der Waals surface area contributed by atoms with Gasteiger partial charge in [-0.25, -0.2) is 4.79 Å². The van der Waals surface area contributed by atoms with Crippen LogP contribution < -0.4 is 22.3 Å². The molecule has 0 bridgehead atoms. The molecule has 6 heteroatoms. The number of hydrogen-bond donors (Lipinski definition) is 2. The highest BCUT2D eigenvalue weighted by molar-refractivity contribution is 5.61. The lowest BCUT2D eigenvalue weighted by Gasteiger charge is -2.15. The van der Waals surface area contributed by atoms with Crippen molar-refractivity contribution in [3.8, 4) is 0 Å². The third kappa shape index (κ3) is 2.59. The van der Waals surface area contributed by atoms with Crippen molar-refractivity contribution in [2.45, 2.75) is 52.1 Å². The molecule has 1 heterocycles. The predicted molar refractivity (Wildman–Crippen MR) is 81.1 cm³/mol. The van der Waals surface area contributed by atoms with Crippen LogP contribution in [0.1, 0.15) is 39.5 Å². The van der Waals surface area contributed by atoms with Crippen molar-refractivity contribution in [2.75, 3.05) is 11.1 Å². The molecule has 0 aromatic carbocycles. The van der Waals surface area contributed by atoms with Gasteiger partial charge in [-0.2, -0.15) is 0 Å². The zero-order chi connectivity index (χ0) is 14.9. The lowest BCUT2D eigenvalue weighted by Crippen LogP contribution is -2.41. The van der Waals surface area contributed by atoms with E-state index in [1.165, 1.54) is 11.6 Å². The maximum absolute atomic E-state index is 12.2. The first-order valence-corrected chi connectivity index (χ1v) is 7.37. The number of nitrogens with zero attached hydrogens (tertiary/aromatic N) is 2. The fraction of sp³-hybridized carbons (Fsp3) is 0.714. The maximum atomic E-state index is 12.2. The van der Waals surface area contributed by atoms with Gasteiger partial charge in [0.1, 0.15) is 11.5 Å². The Hall–Kier alpha value is -1.72. The van der Waals surface area contributed by atoms with Gasteiger partial charge in [0.2, 0.25) is 0 Å². The minimum atomic E-state index is -0.346. The summed E-state index contributed by atoms with van der Waals surface area (Å²) in [6.07, 6.45) is 4.17. The van der Waals surface area contributed by atoms with Crippen molar-refractivity contribution in [1.82, 2.24) is 9.13 Å². The van der Waals surface area contributed by atoms with E-state index in [0.717, 1.165) is 30.3 Å². The normalized spacial score (nSPS) is 20.9. The first-order chi connectivity index (χ1) is 9.51. The molecule has 1 aromatic heterocycles. The Morgan fingerprint density at radius 1 is 1.30 bits per heavy atom. The van der Waals surface area contributed by atoms with E-state index in [9.17, 15) is 9.59 Å². The fourth-order valence-electron chi connectivity index (χ4n) is 2.66. The second-order valence-electron chi connectivity index (χ2n) is 5.59. The molecule has 3 N–H and O–H groups in total. The Bertz CT molecular complexity index is 602. The molecule has 2 rings (SSSR count). The SMILES string of the molecule is CCCC1CC1Nc1c(N)n(CCC)c(=O)n(C)c1=O. The molecule has 2 atom stereocenters. The first-order valence-electron chi connectivity index (χ1n) is 7.37. The Morgan fingerprint density at radius 2 is 2.00 bits per heavy atom. The van der Waals surface area contributed by atoms with Crippen molar-refractivity contribution in [1.29, 1.82) is 0 Å². The van der Waals surface area contributed by atoms with Gasteiger partial charge in [0.25, 0.3) is 5.56 Å². The second kappa shape index (κ2) is 5.73. The van der Waals surface area contributed by atoms with Gasteiger partial charge in [-0.1, -0.05) is 20.3 Å². The van der Waals surface area contributed by atoms with Crippen LogP contribution in [0.2, 0.25) is 0 Å². The van der Waals surface area contributed by atoms with Gasteiger partial charge in [0, 0.05) is 19.6 Å². The molecule has 20 heavy (non-hydrogen) atoms. The Kier molecular flexibility index (Phi) is 4.20. The molecule has 112 valence electrons. The van der Waals surface area contributed by atoms with Gasteiger partial charge >= 0.3 is 5.69 Å². The van der Waals surface area contributed by atoms with E-state index in [-0.39, 0.29) is 17.1 Å². The fourth-order valence-corrected chi connectivity index (χ4v) is 2.66. The quantitative estimate of drug-likeness (QED) is 0.818. The summed E-state index contributed by atoms with van der Waals surface area (Å²) in [5.41, 5.74) is 5.72. The predicted octanol–water partition coefficient (Wildman–Crippen LogP) is 1.14. The van der Waals surface area contributed by atoms with Crippen molar-refractivity contribution >= 4 is 11.5 Å². The standard InChI is InChI=1S/C14H24N4O2/c1-4-6-9-8-10(9)16-11-12(15)18(7-5-2)14(20)17(3)13(11)19/h9-10,16H,4-8,15H2,1-3H3. The summed E-state index contributed by atoms with van der Waals surface area (Å²) in [6, 6.07) is 0.317. The zero-order valence-electron chi connectivity index (χ0n) is 12.5. The van der Waals surface area contributed by atoms with E-state index in [1.807, 2.05) is 6.92 Å². The summed E-state index contributed by atoms with van der Waals surface area (Å²) in [4.78, 5) is 24.2. The average molecular weight is 280 g/mol. The minimum Gasteiger partial charge on any atom is -0.383 e. The molecule has 2 unspecified atom stereocenters. The molecule has 0 radical (unpaired) electrons. The Balaban J connectivity index is 2.33. The molecule has 0 amide bonds. The molecule has 6 nitrogen and oxygen atoms in total. The van der Waals surface area contributed by atoms with Gasteiger partial charge in [-0.05, 0) is 25.2 Å². The number of anilines is 2. The monoisotopic (exact) mass is 280 g/mol. The summed E-state index contributed by atoms with van der Waals surface area (Å²) in [6.45, 7) is 4.66. The molecule has 1 aliphatic carbocycles. The molecular weight excluding hydrogens is 256 g/mol. The van der Waals surface area contributed by atoms with Crippen LogP contribution in [0.5, 0.6) is 0 Å². The molecular formula is C14H24N4O2. The summed E-state index contributed by atoms with van der Waals surface area (Å²) in [7, 11) is 1.50. The van der Waals surface area contributed by atoms with Crippen LogP contribution in [0.15, 0.2) is 9.59 Å². The largest absolute Gasteiger partial charge is 0.383 e. The van der Waals surface area contributed by atoms with Crippen LogP contribution in [0.4, 0.5) is 11.5 Å². The number of hydrogen-bond acceptors (Lipinski definition) is 4. The number of nitrogens with one attached hydrogen (secondary N) is 1. The zero-order valence-corrected chi connectivity index (χ0v) is 12.5. The summed E-state index contributed by atoms with van der Waals surface area (Å²) >= 11 is 0. The number of nitrogens with two attached hydrogens (primary N) is 1. The summed E-state index contributed by atoms with van der Waals surface area (Å²) in [5.74, 6) is 0.887. The van der Waals surface area contributed by atoms with E-state index in [4.69, 9.17) is 5.73 Å². The van der Waals surface area contributed by atoms with Crippen LogP contribution in [0, 0.1) is 5.92 Å². The highest BCUT2D eigenvalue weighted by Gasteiger charge is 2.37. The van der Waals surface area contributed by atoms with E-state index >= 15 is 0 Å². The molecule has 1 fully saturated rings. The van der Waals surface area contributed by atoms with Crippen molar-refractivity contribution in [3.63, 3.8) is 0 Å². The lowest BCUT2D eigenvalue weighted by molar-refractivity contribution is 0.599. The molecule has 1 saturated carbocycles. The lowest BCUT2D eigenvalue weighted by atomic mass is 10.2. The molecule has 0 spiro atoms. The van der Waals surface area contributed by atoms with Gasteiger partial charge in [0.15, 0.2) is 0 Å². The van der Waals surface area contributed by atoms with Crippen LogP contribution >= 0.6 is 0 Å². The molecule has 0 saturated heterocycles. The third-order valence-electron chi connectivity index (χ3n) is 3.94. The van der Waals surface area contributed by atoms with Crippen LogP contribution in [-0.4, -0.2) is 15.2 Å². The topological polar surface area (TPSA) is 82.0 Å². The second-order valence-corrected chi connectivity index (χ2v) is 5.59. The van der Waals surface area contributed by atoms with Crippen LogP contribution in [0.3, 0.4) is 0 Å². The smallest absolute Gasteiger partial charge is 0.332 e. The van der Waals surface area contributed by atoms with Crippen LogP contribution in [-0.2, 0) is 13.6 Å². The highest BCUT2D eigenvalue weighted by atomic mass is 16.2. The maximum Gasteiger partial charge on any atom is 0.332 e. The van der Waals surface area contributed by atoms with E-state index in [2.05, 4.69) is 12.2 Å². The number of rotatable bonds is 6. The van der Waals surface area contributed by atoms with Gasteiger partial charge in [-0.3, -0.25) is 13.9 Å². The van der Waals surface area contributed by atoms with Gasteiger partial charge in [0.05, 0.1) is 0 Å². The van der Waals surface area contributed by atoms with Crippen LogP contribution in [0.25, 0.3) is 0 Å². The molecule has 1 aliphatic rings. The molecule has 0 aliphatic heterocycles. The molecule has 1 aromatic rings. The van der Waals surface area contributed by atoms with Crippen molar-refractivity contribution < 1.29 is 0 Å². The summed E-state index contributed by atoms with van der Waals surface area (Å²) in [5, 5.41) is 3.24. The minimum absolute atomic E-state index is 0.266. The average Bonchev–Trinajstić information content (AvgIpc) is 3.16. The Labute approximate surface area is 118 Å². The summed E-state index contributed by atoms with van der Waals surface area (Å²) < 4.78 is 2.60.